The molecule has 3 aromatic rings. The highest BCUT2D eigenvalue weighted by Gasteiger charge is 2.45. The Morgan fingerprint density at radius 3 is 2.35 bits per heavy atom. The molecule has 3 saturated heterocycles. The lowest BCUT2D eigenvalue weighted by Crippen LogP contribution is -2.49. The number of rotatable bonds is 5. The van der Waals surface area contributed by atoms with Crippen LogP contribution in [-0.2, 0) is 39.6 Å². The van der Waals surface area contributed by atoms with Crippen LogP contribution in [-0.4, -0.2) is 116 Å². The topological polar surface area (TPSA) is 147 Å². The third-order valence-corrected chi connectivity index (χ3v) is 12.0. The Hall–Kier alpha value is -4.53. The van der Waals surface area contributed by atoms with E-state index < -0.39 is 17.2 Å². The summed E-state index contributed by atoms with van der Waals surface area (Å²) < 4.78 is 18.7. The molecule has 8 rings (SSSR count). The summed E-state index contributed by atoms with van der Waals surface area (Å²) in [6, 6.07) is 7.86. The Labute approximate surface area is 320 Å². The molecule has 294 valence electrons. The number of hydrogen-bond donors (Lipinski definition) is 1. The van der Waals surface area contributed by atoms with Gasteiger partial charge in [0.05, 0.1) is 29.0 Å². The summed E-state index contributed by atoms with van der Waals surface area (Å²) in [5.74, 6) is -0.305. The third kappa shape index (κ3) is 7.08. The summed E-state index contributed by atoms with van der Waals surface area (Å²) in [5, 5.41) is 12.1. The molecule has 0 bridgehead atoms. The van der Waals surface area contributed by atoms with Crippen molar-refractivity contribution < 1.29 is 33.7 Å². The van der Waals surface area contributed by atoms with Gasteiger partial charge in [0, 0.05) is 73.9 Å². The fraction of sp³-hybridized carbons (Fsp3) is 0.585. The maximum atomic E-state index is 13.8. The molecule has 0 aliphatic carbocycles. The number of fused-ring (bicyclic) bond motifs is 5. The van der Waals surface area contributed by atoms with Gasteiger partial charge >= 0.3 is 18.2 Å². The Kier molecular flexibility index (Phi) is 9.87. The standard InChI is InChI=1S/C41H52N6O8/c1-5-41(52)31-22-33-35-26(23-47(33)36(48)30(31)25-53-37(41)49)21-28-29(24-43-17-19-46(20-18-43)39(51)55-40(2,3)4)34(10-9-32(28)42-35)54-38(50)45-15-11-27(12-16-45)44-13-7-6-8-14-44/h9-10,21-22,27,52H,5-8,11-20,23-25H2,1-4H3/t41-/m0/s1. The number of aromatic nitrogens is 2. The number of ether oxygens (including phenoxy) is 3. The smallest absolute Gasteiger partial charge is 0.415 e. The number of esters is 1. The number of pyridine rings is 2. The Balaban J connectivity index is 1.09. The van der Waals surface area contributed by atoms with Crippen LogP contribution in [0.1, 0.15) is 88.5 Å². The van der Waals surface area contributed by atoms with Gasteiger partial charge in [0.15, 0.2) is 5.60 Å². The fourth-order valence-corrected chi connectivity index (χ4v) is 8.84. The average molecular weight is 757 g/mol. The van der Waals surface area contributed by atoms with Crippen molar-refractivity contribution in [3.05, 3.63) is 56.9 Å². The molecule has 0 saturated carbocycles. The number of nitrogens with zero attached hydrogens (tertiary/aromatic N) is 6. The first-order chi connectivity index (χ1) is 26.3. The number of aliphatic hydroxyl groups is 1. The first kappa shape index (κ1) is 37.4. The Bertz CT molecular complexity index is 2070. The highest BCUT2D eigenvalue weighted by molar-refractivity contribution is 5.90. The minimum Gasteiger partial charge on any atom is -0.458 e. The molecule has 5 aliphatic heterocycles. The maximum absolute atomic E-state index is 13.8. The number of benzene rings is 1. The van der Waals surface area contributed by atoms with Crippen molar-refractivity contribution in [3.8, 4) is 17.1 Å². The van der Waals surface area contributed by atoms with Crippen LogP contribution in [0.25, 0.3) is 22.3 Å². The van der Waals surface area contributed by atoms with Crippen LogP contribution in [0.5, 0.6) is 5.75 Å². The summed E-state index contributed by atoms with van der Waals surface area (Å²) in [5.41, 5.74) is 1.12. The largest absolute Gasteiger partial charge is 0.458 e. The van der Waals surface area contributed by atoms with Gasteiger partial charge in [-0.1, -0.05) is 13.3 Å². The molecule has 14 heteroatoms. The molecule has 55 heavy (non-hydrogen) atoms. The van der Waals surface area contributed by atoms with E-state index in [1.54, 1.807) is 28.5 Å². The molecule has 1 atom stereocenters. The van der Waals surface area contributed by atoms with E-state index in [1.807, 2.05) is 37.8 Å². The Morgan fingerprint density at radius 2 is 1.65 bits per heavy atom. The molecule has 0 unspecified atom stereocenters. The molecule has 3 fully saturated rings. The van der Waals surface area contributed by atoms with Crippen LogP contribution in [0.4, 0.5) is 9.59 Å². The van der Waals surface area contributed by atoms with E-state index in [9.17, 15) is 24.3 Å². The van der Waals surface area contributed by atoms with Gasteiger partial charge < -0.3 is 38.6 Å². The van der Waals surface area contributed by atoms with E-state index in [0.29, 0.717) is 74.5 Å². The van der Waals surface area contributed by atoms with Gasteiger partial charge in [-0.25, -0.2) is 19.4 Å². The van der Waals surface area contributed by atoms with E-state index in [-0.39, 0.29) is 48.4 Å². The second kappa shape index (κ2) is 14.5. The van der Waals surface area contributed by atoms with E-state index in [4.69, 9.17) is 19.2 Å². The number of piperazine rings is 1. The molecular formula is C41H52N6O8. The van der Waals surface area contributed by atoms with Crippen LogP contribution in [0, 0.1) is 0 Å². The van der Waals surface area contributed by atoms with Crippen molar-refractivity contribution in [2.45, 2.75) is 103 Å². The van der Waals surface area contributed by atoms with Crippen molar-refractivity contribution >= 4 is 29.1 Å². The van der Waals surface area contributed by atoms with Gasteiger partial charge in [-0.05, 0) is 90.2 Å². The van der Waals surface area contributed by atoms with Crippen molar-refractivity contribution in [2.24, 2.45) is 0 Å². The first-order valence-electron chi connectivity index (χ1n) is 19.9. The number of hydrogen-bond acceptors (Lipinski definition) is 11. The predicted octanol–water partition coefficient (Wildman–Crippen LogP) is 4.58. The van der Waals surface area contributed by atoms with E-state index in [1.165, 1.54) is 19.3 Å². The van der Waals surface area contributed by atoms with Crippen molar-refractivity contribution in [1.82, 2.24) is 29.2 Å². The summed E-state index contributed by atoms with van der Waals surface area (Å²) in [6.07, 6.45) is 4.99. The molecule has 1 aromatic carbocycles. The summed E-state index contributed by atoms with van der Waals surface area (Å²) in [7, 11) is 0. The lowest BCUT2D eigenvalue weighted by molar-refractivity contribution is -0.172. The number of piperidine rings is 2. The lowest BCUT2D eigenvalue weighted by Gasteiger charge is -2.39. The second-order valence-electron chi connectivity index (χ2n) is 16.6. The third-order valence-electron chi connectivity index (χ3n) is 12.0. The molecule has 5 aliphatic rings. The molecule has 14 nitrogen and oxygen atoms in total. The van der Waals surface area contributed by atoms with E-state index in [0.717, 1.165) is 42.4 Å². The summed E-state index contributed by atoms with van der Waals surface area (Å²) in [6.45, 7) is 13.5. The van der Waals surface area contributed by atoms with Gasteiger partial charge in [-0.15, -0.1) is 0 Å². The highest BCUT2D eigenvalue weighted by atomic mass is 16.6. The number of amides is 2. The monoisotopic (exact) mass is 756 g/mol. The fourth-order valence-electron chi connectivity index (χ4n) is 8.84. The van der Waals surface area contributed by atoms with Gasteiger partial charge in [0.2, 0.25) is 0 Å². The zero-order valence-electron chi connectivity index (χ0n) is 32.4. The maximum Gasteiger partial charge on any atom is 0.415 e. The minimum atomic E-state index is -1.91. The second-order valence-corrected chi connectivity index (χ2v) is 16.6. The van der Waals surface area contributed by atoms with Crippen molar-refractivity contribution in [3.63, 3.8) is 0 Å². The summed E-state index contributed by atoms with van der Waals surface area (Å²) >= 11 is 0. The zero-order valence-corrected chi connectivity index (χ0v) is 32.4. The molecule has 1 N–H and O–H groups in total. The van der Waals surface area contributed by atoms with Gasteiger partial charge in [0.1, 0.15) is 18.0 Å². The van der Waals surface area contributed by atoms with Crippen molar-refractivity contribution in [1.29, 1.82) is 0 Å². The van der Waals surface area contributed by atoms with Crippen LogP contribution in [0.3, 0.4) is 0 Å². The Morgan fingerprint density at radius 1 is 0.945 bits per heavy atom. The number of likely N-dealkylation sites (tertiary alicyclic amines) is 2. The number of carbonyl (C=O) groups is 3. The van der Waals surface area contributed by atoms with E-state index in [2.05, 4.69) is 9.80 Å². The minimum absolute atomic E-state index is 0.0626. The summed E-state index contributed by atoms with van der Waals surface area (Å²) in [4.78, 5) is 66.5. The van der Waals surface area contributed by atoms with Crippen LogP contribution in [0.2, 0.25) is 0 Å². The average Bonchev–Trinajstić information content (AvgIpc) is 3.54. The van der Waals surface area contributed by atoms with Crippen molar-refractivity contribution in [2.75, 3.05) is 52.4 Å². The molecule has 0 radical (unpaired) electrons. The highest BCUT2D eigenvalue weighted by Crippen LogP contribution is 2.40. The lowest BCUT2D eigenvalue weighted by atomic mass is 9.86. The zero-order chi connectivity index (χ0) is 38.6. The first-order valence-corrected chi connectivity index (χ1v) is 19.9. The quantitative estimate of drug-likeness (QED) is 0.286. The van der Waals surface area contributed by atoms with Crippen LogP contribution >= 0.6 is 0 Å². The predicted molar refractivity (Wildman–Crippen MR) is 204 cm³/mol. The number of cyclic esters (lactones) is 1. The van der Waals surface area contributed by atoms with Gasteiger partial charge in [0.25, 0.3) is 5.56 Å². The van der Waals surface area contributed by atoms with Crippen LogP contribution < -0.4 is 10.3 Å². The van der Waals surface area contributed by atoms with Crippen LogP contribution in [0.15, 0.2) is 29.1 Å². The molecule has 2 aromatic heterocycles. The van der Waals surface area contributed by atoms with E-state index >= 15 is 0 Å². The molecular weight excluding hydrogens is 704 g/mol. The molecule has 0 spiro atoms. The van der Waals surface area contributed by atoms with Gasteiger partial charge in [-0.2, -0.15) is 0 Å². The SMILES string of the molecule is CC[C@@]1(O)C(=O)OCc2c1cc1n(c2=O)Cc2cc3c(CN4CCN(C(=O)OC(C)(C)C)CC4)c(OC(=O)N4CCC(N5CCCCC5)CC4)ccc3nc2-1. The van der Waals surface area contributed by atoms with Gasteiger partial charge in [-0.3, -0.25) is 9.69 Å². The number of carbonyl (C=O) groups excluding carboxylic acids is 3. The molecule has 2 amide bonds. The normalized spacial score (nSPS) is 22.2. The molecule has 7 heterocycles.